The van der Waals surface area contributed by atoms with Gasteiger partial charge in [-0.05, 0) is 31.2 Å². The number of amides is 1. The highest BCUT2D eigenvalue weighted by molar-refractivity contribution is 5.96. The van der Waals surface area contributed by atoms with Crippen molar-refractivity contribution in [3.05, 3.63) is 48.2 Å². The van der Waals surface area contributed by atoms with Crippen molar-refractivity contribution in [3.8, 4) is 11.6 Å². The van der Waals surface area contributed by atoms with Crippen molar-refractivity contribution < 1.29 is 14.3 Å². The van der Waals surface area contributed by atoms with E-state index in [1.54, 1.807) is 25.4 Å². The molecule has 0 N–H and O–H groups in total. The first kappa shape index (κ1) is 17.1. The fourth-order valence-electron chi connectivity index (χ4n) is 2.95. The Hall–Kier alpha value is -2.76. The maximum absolute atomic E-state index is 12.8. The molecule has 0 radical (unpaired) electrons. The number of carbonyl (C=O) groups excluding carboxylic acids is 1. The summed E-state index contributed by atoms with van der Waals surface area (Å²) in [6.45, 7) is 5.26. The SMILES string of the molecule is CCOc1ncccc1C(=O)N1CCN(c2cccc(OC)c2)CC1. The Bertz CT molecular complexity index is 727. The van der Waals surface area contributed by atoms with Gasteiger partial charge in [-0.15, -0.1) is 0 Å². The minimum absolute atomic E-state index is 0.0261. The van der Waals surface area contributed by atoms with E-state index in [0.29, 0.717) is 31.1 Å². The minimum Gasteiger partial charge on any atom is -0.497 e. The van der Waals surface area contributed by atoms with Crippen molar-refractivity contribution >= 4 is 11.6 Å². The molecule has 0 aliphatic carbocycles. The fraction of sp³-hybridized carbons (Fsp3) is 0.368. The average molecular weight is 341 g/mol. The maximum Gasteiger partial charge on any atom is 0.259 e. The summed E-state index contributed by atoms with van der Waals surface area (Å²) in [4.78, 5) is 21.1. The zero-order valence-corrected chi connectivity index (χ0v) is 14.6. The summed E-state index contributed by atoms with van der Waals surface area (Å²) in [6, 6.07) is 11.5. The molecule has 0 unspecified atom stereocenters. The smallest absolute Gasteiger partial charge is 0.259 e. The molecule has 132 valence electrons. The van der Waals surface area contributed by atoms with E-state index in [2.05, 4.69) is 16.0 Å². The van der Waals surface area contributed by atoms with E-state index < -0.39 is 0 Å². The number of benzene rings is 1. The van der Waals surface area contributed by atoms with Gasteiger partial charge < -0.3 is 19.3 Å². The lowest BCUT2D eigenvalue weighted by Crippen LogP contribution is -2.48. The first-order valence-electron chi connectivity index (χ1n) is 8.49. The van der Waals surface area contributed by atoms with Crippen LogP contribution in [0.3, 0.4) is 0 Å². The van der Waals surface area contributed by atoms with E-state index in [1.807, 2.05) is 30.0 Å². The first-order valence-corrected chi connectivity index (χ1v) is 8.49. The van der Waals surface area contributed by atoms with Crippen LogP contribution < -0.4 is 14.4 Å². The van der Waals surface area contributed by atoms with E-state index in [4.69, 9.17) is 9.47 Å². The zero-order valence-electron chi connectivity index (χ0n) is 14.6. The summed E-state index contributed by atoms with van der Waals surface area (Å²) in [7, 11) is 1.67. The van der Waals surface area contributed by atoms with Crippen LogP contribution in [0.25, 0.3) is 0 Å². The van der Waals surface area contributed by atoms with Crippen molar-refractivity contribution in [2.75, 3.05) is 44.8 Å². The Labute approximate surface area is 148 Å². The van der Waals surface area contributed by atoms with Gasteiger partial charge in [0, 0.05) is 44.1 Å². The summed E-state index contributed by atoms with van der Waals surface area (Å²) in [5.41, 5.74) is 1.64. The second-order valence-electron chi connectivity index (χ2n) is 5.77. The number of nitrogens with zero attached hydrogens (tertiary/aromatic N) is 3. The number of rotatable bonds is 5. The molecule has 1 saturated heterocycles. The third-order valence-corrected chi connectivity index (χ3v) is 4.27. The Balaban J connectivity index is 1.67. The molecule has 0 saturated carbocycles. The van der Waals surface area contributed by atoms with Crippen LogP contribution in [0.5, 0.6) is 11.6 Å². The van der Waals surface area contributed by atoms with Gasteiger partial charge in [0.05, 0.1) is 13.7 Å². The zero-order chi connectivity index (χ0) is 17.6. The third kappa shape index (κ3) is 3.84. The van der Waals surface area contributed by atoms with Crippen LogP contribution in [0, 0.1) is 0 Å². The van der Waals surface area contributed by atoms with E-state index in [0.717, 1.165) is 24.5 Å². The van der Waals surface area contributed by atoms with E-state index >= 15 is 0 Å². The fourth-order valence-corrected chi connectivity index (χ4v) is 2.95. The molecule has 1 aromatic carbocycles. The molecule has 1 amide bonds. The molecule has 6 nitrogen and oxygen atoms in total. The summed E-state index contributed by atoms with van der Waals surface area (Å²) in [5, 5.41) is 0. The van der Waals surface area contributed by atoms with Gasteiger partial charge in [0.1, 0.15) is 11.3 Å². The van der Waals surface area contributed by atoms with Crippen molar-refractivity contribution in [2.24, 2.45) is 0 Å². The van der Waals surface area contributed by atoms with E-state index in [-0.39, 0.29) is 5.91 Å². The number of methoxy groups -OCH3 is 1. The lowest BCUT2D eigenvalue weighted by Gasteiger charge is -2.36. The van der Waals surface area contributed by atoms with Gasteiger partial charge in [0.25, 0.3) is 5.91 Å². The normalized spacial score (nSPS) is 14.3. The van der Waals surface area contributed by atoms with Crippen LogP contribution in [0.15, 0.2) is 42.6 Å². The summed E-state index contributed by atoms with van der Waals surface area (Å²) < 4.78 is 10.8. The van der Waals surface area contributed by atoms with Gasteiger partial charge in [-0.25, -0.2) is 4.98 Å². The Kier molecular flexibility index (Phi) is 5.38. The van der Waals surface area contributed by atoms with Gasteiger partial charge >= 0.3 is 0 Å². The van der Waals surface area contributed by atoms with Crippen LogP contribution in [0.1, 0.15) is 17.3 Å². The molecule has 6 heteroatoms. The van der Waals surface area contributed by atoms with E-state index in [1.165, 1.54) is 0 Å². The molecular weight excluding hydrogens is 318 g/mol. The molecule has 3 rings (SSSR count). The summed E-state index contributed by atoms with van der Waals surface area (Å²) in [5.74, 6) is 1.22. The quantitative estimate of drug-likeness (QED) is 0.836. The third-order valence-electron chi connectivity index (χ3n) is 4.27. The molecule has 2 heterocycles. The molecule has 0 bridgehead atoms. The number of ether oxygens (including phenoxy) is 2. The number of carbonyl (C=O) groups is 1. The Morgan fingerprint density at radius 3 is 2.68 bits per heavy atom. The second-order valence-corrected chi connectivity index (χ2v) is 5.77. The molecule has 1 aliphatic rings. The predicted octanol–water partition coefficient (Wildman–Crippen LogP) is 2.45. The first-order chi connectivity index (χ1) is 12.2. The number of piperazine rings is 1. The highest BCUT2D eigenvalue weighted by Gasteiger charge is 2.25. The monoisotopic (exact) mass is 341 g/mol. The highest BCUT2D eigenvalue weighted by Crippen LogP contribution is 2.23. The molecule has 2 aromatic rings. The van der Waals surface area contributed by atoms with E-state index in [9.17, 15) is 4.79 Å². The minimum atomic E-state index is -0.0261. The molecule has 1 aliphatic heterocycles. The molecule has 0 atom stereocenters. The largest absolute Gasteiger partial charge is 0.497 e. The molecule has 1 fully saturated rings. The second kappa shape index (κ2) is 7.88. The van der Waals surface area contributed by atoms with Crippen LogP contribution in [0.2, 0.25) is 0 Å². The Morgan fingerprint density at radius 1 is 1.16 bits per heavy atom. The number of pyridine rings is 1. The molecule has 0 spiro atoms. The van der Waals surface area contributed by atoms with Crippen LogP contribution in [-0.4, -0.2) is 55.7 Å². The van der Waals surface area contributed by atoms with Gasteiger partial charge in [-0.3, -0.25) is 4.79 Å². The lowest BCUT2D eigenvalue weighted by atomic mass is 10.2. The molecule has 1 aromatic heterocycles. The number of hydrogen-bond donors (Lipinski definition) is 0. The van der Waals surface area contributed by atoms with Gasteiger partial charge in [0.15, 0.2) is 0 Å². The van der Waals surface area contributed by atoms with Crippen molar-refractivity contribution in [1.29, 1.82) is 0 Å². The van der Waals surface area contributed by atoms with Crippen molar-refractivity contribution in [3.63, 3.8) is 0 Å². The molecular formula is C19H23N3O3. The van der Waals surface area contributed by atoms with Gasteiger partial charge in [-0.2, -0.15) is 0 Å². The van der Waals surface area contributed by atoms with Gasteiger partial charge in [0.2, 0.25) is 5.88 Å². The summed E-state index contributed by atoms with van der Waals surface area (Å²) in [6.07, 6.45) is 1.64. The van der Waals surface area contributed by atoms with Gasteiger partial charge in [-0.1, -0.05) is 6.07 Å². The van der Waals surface area contributed by atoms with Crippen LogP contribution >= 0.6 is 0 Å². The standard InChI is InChI=1S/C19H23N3O3/c1-3-25-18-17(8-5-9-20-18)19(23)22-12-10-21(11-13-22)15-6-4-7-16(14-15)24-2/h4-9,14H,3,10-13H2,1-2H3. The summed E-state index contributed by atoms with van der Waals surface area (Å²) >= 11 is 0. The molecule has 25 heavy (non-hydrogen) atoms. The van der Waals surface area contributed by atoms with Crippen LogP contribution in [-0.2, 0) is 0 Å². The average Bonchev–Trinajstić information content (AvgIpc) is 2.68. The van der Waals surface area contributed by atoms with Crippen molar-refractivity contribution in [2.45, 2.75) is 6.92 Å². The number of hydrogen-bond acceptors (Lipinski definition) is 5. The Morgan fingerprint density at radius 2 is 1.96 bits per heavy atom. The topological polar surface area (TPSA) is 54.9 Å². The lowest BCUT2D eigenvalue weighted by molar-refractivity contribution is 0.0741. The highest BCUT2D eigenvalue weighted by atomic mass is 16.5. The number of aromatic nitrogens is 1. The van der Waals surface area contributed by atoms with Crippen LogP contribution in [0.4, 0.5) is 5.69 Å². The number of anilines is 1. The van der Waals surface area contributed by atoms with Crippen molar-refractivity contribution in [1.82, 2.24) is 9.88 Å². The predicted molar refractivity (Wildman–Crippen MR) is 96.5 cm³/mol. The maximum atomic E-state index is 12.8.